The second-order valence-corrected chi connectivity index (χ2v) is 5.12. The lowest BCUT2D eigenvalue weighted by molar-refractivity contribution is 0.303. The molecule has 3 heteroatoms. The molecule has 0 atom stereocenters. The van der Waals surface area contributed by atoms with Gasteiger partial charge >= 0.3 is 0 Å². The molecule has 2 aromatic carbocycles. The van der Waals surface area contributed by atoms with Gasteiger partial charge in [0.25, 0.3) is 0 Å². The highest BCUT2D eigenvalue weighted by Crippen LogP contribution is 2.23. The van der Waals surface area contributed by atoms with Crippen molar-refractivity contribution < 1.29 is 9.13 Å². The molecule has 1 heterocycles. The van der Waals surface area contributed by atoms with Crippen LogP contribution in [0, 0.1) is 12.7 Å². The number of aryl methyl sites for hydroxylation is 1. The molecule has 0 aliphatic rings. The van der Waals surface area contributed by atoms with Gasteiger partial charge in [-0.1, -0.05) is 36.4 Å². The van der Waals surface area contributed by atoms with Crippen LogP contribution < -0.4 is 4.74 Å². The summed E-state index contributed by atoms with van der Waals surface area (Å²) in [4.78, 5) is 4.19. The standard InChI is InChI=1S/C19H16FNO/c1-14-6-2-5-9-19(14)22-13-15-10-16(12-21-11-15)17-7-3-4-8-18(17)20/h2-12H,13H2,1H3. The van der Waals surface area contributed by atoms with Crippen molar-refractivity contribution in [2.75, 3.05) is 0 Å². The van der Waals surface area contributed by atoms with E-state index in [9.17, 15) is 4.39 Å². The molecule has 110 valence electrons. The molecule has 3 rings (SSSR count). The molecule has 1 aromatic heterocycles. The third-order valence-electron chi connectivity index (χ3n) is 3.47. The van der Waals surface area contributed by atoms with Gasteiger partial charge in [0.15, 0.2) is 0 Å². The van der Waals surface area contributed by atoms with Crippen molar-refractivity contribution in [3.8, 4) is 16.9 Å². The summed E-state index contributed by atoms with van der Waals surface area (Å²) in [5.41, 5.74) is 3.29. The molecule has 0 amide bonds. The molecule has 0 bridgehead atoms. The minimum absolute atomic E-state index is 0.249. The van der Waals surface area contributed by atoms with Gasteiger partial charge in [0, 0.05) is 29.1 Å². The summed E-state index contributed by atoms with van der Waals surface area (Å²) in [6, 6.07) is 16.5. The molecular formula is C19H16FNO. The Kier molecular flexibility index (Phi) is 4.15. The summed E-state index contributed by atoms with van der Waals surface area (Å²) >= 11 is 0. The van der Waals surface area contributed by atoms with Crippen LogP contribution in [0.3, 0.4) is 0 Å². The van der Waals surface area contributed by atoms with Crippen LogP contribution >= 0.6 is 0 Å². The van der Waals surface area contributed by atoms with Crippen molar-refractivity contribution >= 4 is 0 Å². The molecule has 0 radical (unpaired) electrons. The molecule has 0 N–H and O–H groups in total. The van der Waals surface area contributed by atoms with E-state index in [2.05, 4.69) is 4.98 Å². The lowest BCUT2D eigenvalue weighted by Crippen LogP contribution is -1.98. The van der Waals surface area contributed by atoms with E-state index in [1.807, 2.05) is 43.3 Å². The Morgan fingerprint density at radius 2 is 1.77 bits per heavy atom. The SMILES string of the molecule is Cc1ccccc1OCc1cncc(-c2ccccc2F)c1. The molecule has 0 aliphatic carbocycles. The van der Waals surface area contributed by atoms with Crippen LogP contribution in [0.2, 0.25) is 0 Å². The molecular weight excluding hydrogens is 277 g/mol. The second kappa shape index (κ2) is 6.39. The van der Waals surface area contributed by atoms with Crippen molar-refractivity contribution in [3.05, 3.63) is 83.9 Å². The van der Waals surface area contributed by atoms with Crippen molar-refractivity contribution in [1.82, 2.24) is 4.98 Å². The fourth-order valence-corrected chi connectivity index (χ4v) is 2.29. The smallest absolute Gasteiger partial charge is 0.131 e. The number of hydrogen-bond acceptors (Lipinski definition) is 2. The molecule has 0 unspecified atom stereocenters. The van der Waals surface area contributed by atoms with E-state index >= 15 is 0 Å². The first-order chi connectivity index (χ1) is 10.7. The number of nitrogens with zero attached hydrogens (tertiary/aromatic N) is 1. The maximum absolute atomic E-state index is 13.9. The molecule has 3 aromatic rings. The van der Waals surface area contributed by atoms with Gasteiger partial charge in [0.05, 0.1) is 0 Å². The molecule has 2 nitrogen and oxygen atoms in total. The first kappa shape index (κ1) is 14.3. The number of ether oxygens (including phenoxy) is 1. The first-order valence-corrected chi connectivity index (χ1v) is 7.11. The Hall–Kier alpha value is -2.68. The van der Waals surface area contributed by atoms with Crippen molar-refractivity contribution in [1.29, 1.82) is 0 Å². The predicted molar refractivity (Wildman–Crippen MR) is 85.1 cm³/mol. The van der Waals surface area contributed by atoms with Gasteiger partial charge in [0.2, 0.25) is 0 Å². The van der Waals surface area contributed by atoms with Crippen LogP contribution in [0.25, 0.3) is 11.1 Å². The zero-order chi connectivity index (χ0) is 15.4. The van der Waals surface area contributed by atoms with Gasteiger partial charge in [-0.15, -0.1) is 0 Å². The van der Waals surface area contributed by atoms with Gasteiger partial charge in [0.1, 0.15) is 18.2 Å². The molecule has 0 spiro atoms. The Bertz CT molecular complexity index is 786. The zero-order valence-electron chi connectivity index (χ0n) is 12.3. The Morgan fingerprint density at radius 1 is 1.00 bits per heavy atom. The molecule has 0 saturated carbocycles. The van der Waals surface area contributed by atoms with Gasteiger partial charge in [-0.3, -0.25) is 4.98 Å². The number of rotatable bonds is 4. The van der Waals surface area contributed by atoms with Crippen molar-refractivity contribution in [2.24, 2.45) is 0 Å². The minimum Gasteiger partial charge on any atom is -0.489 e. The van der Waals surface area contributed by atoms with Crippen molar-refractivity contribution in [2.45, 2.75) is 13.5 Å². The predicted octanol–water partition coefficient (Wildman–Crippen LogP) is 4.78. The van der Waals surface area contributed by atoms with E-state index in [1.54, 1.807) is 24.5 Å². The summed E-state index contributed by atoms with van der Waals surface area (Å²) in [6.45, 7) is 2.41. The largest absolute Gasteiger partial charge is 0.489 e. The minimum atomic E-state index is -0.249. The fraction of sp³-hybridized carbons (Fsp3) is 0.105. The third-order valence-corrected chi connectivity index (χ3v) is 3.47. The third kappa shape index (κ3) is 3.14. The normalized spacial score (nSPS) is 10.5. The number of halogens is 1. The lowest BCUT2D eigenvalue weighted by atomic mass is 10.1. The fourth-order valence-electron chi connectivity index (χ4n) is 2.29. The van der Waals surface area contributed by atoms with Gasteiger partial charge < -0.3 is 4.74 Å². The topological polar surface area (TPSA) is 22.1 Å². The monoisotopic (exact) mass is 293 g/mol. The number of hydrogen-bond donors (Lipinski definition) is 0. The zero-order valence-corrected chi connectivity index (χ0v) is 12.3. The van der Waals surface area contributed by atoms with Crippen molar-refractivity contribution in [3.63, 3.8) is 0 Å². The average Bonchev–Trinajstić information content (AvgIpc) is 2.55. The van der Waals surface area contributed by atoms with E-state index in [-0.39, 0.29) is 5.82 Å². The van der Waals surface area contributed by atoms with Crippen LogP contribution in [0.15, 0.2) is 67.0 Å². The first-order valence-electron chi connectivity index (χ1n) is 7.11. The van der Waals surface area contributed by atoms with Gasteiger partial charge in [-0.05, 0) is 30.7 Å². The Balaban J connectivity index is 1.80. The summed E-state index contributed by atoms with van der Waals surface area (Å²) in [5, 5.41) is 0. The van der Waals surface area contributed by atoms with Crippen LogP contribution in [-0.4, -0.2) is 4.98 Å². The van der Waals surface area contributed by atoms with E-state index in [0.29, 0.717) is 12.2 Å². The number of aromatic nitrogens is 1. The Morgan fingerprint density at radius 3 is 2.59 bits per heavy atom. The molecule has 0 saturated heterocycles. The van der Waals surface area contributed by atoms with E-state index in [1.165, 1.54) is 6.07 Å². The van der Waals surface area contributed by atoms with Gasteiger partial charge in [-0.25, -0.2) is 4.39 Å². The second-order valence-electron chi connectivity index (χ2n) is 5.12. The summed E-state index contributed by atoms with van der Waals surface area (Å²) in [7, 11) is 0. The number of benzene rings is 2. The summed E-state index contributed by atoms with van der Waals surface area (Å²) in [5.74, 6) is 0.597. The molecule has 0 aliphatic heterocycles. The highest BCUT2D eigenvalue weighted by molar-refractivity contribution is 5.63. The van der Waals surface area contributed by atoms with E-state index in [0.717, 1.165) is 22.4 Å². The summed E-state index contributed by atoms with van der Waals surface area (Å²) in [6.07, 6.45) is 3.40. The lowest BCUT2D eigenvalue weighted by Gasteiger charge is -2.10. The maximum Gasteiger partial charge on any atom is 0.131 e. The highest BCUT2D eigenvalue weighted by Gasteiger charge is 2.06. The average molecular weight is 293 g/mol. The number of pyridine rings is 1. The highest BCUT2D eigenvalue weighted by atomic mass is 19.1. The quantitative estimate of drug-likeness (QED) is 0.691. The van der Waals surface area contributed by atoms with Crippen LogP contribution in [0.4, 0.5) is 4.39 Å². The van der Waals surface area contributed by atoms with Gasteiger partial charge in [-0.2, -0.15) is 0 Å². The van der Waals surface area contributed by atoms with E-state index < -0.39 is 0 Å². The van der Waals surface area contributed by atoms with Crippen LogP contribution in [0.1, 0.15) is 11.1 Å². The molecule has 22 heavy (non-hydrogen) atoms. The summed E-state index contributed by atoms with van der Waals surface area (Å²) < 4.78 is 19.7. The maximum atomic E-state index is 13.9. The van der Waals surface area contributed by atoms with E-state index in [4.69, 9.17) is 4.74 Å². The molecule has 0 fully saturated rings. The number of para-hydroxylation sites is 1. The Labute approximate surface area is 129 Å². The van der Waals surface area contributed by atoms with Crippen LogP contribution in [-0.2, 0) is 6.61 Å². The van der Waals surface area contributed by atoms with Crippen LogP contribution in [0.5, 0.6) is 5.75 Å².